The van der Waals surface area contributed by atoms with E-state index in [0.717, 1.165) is 12.5 Å². The minimum Gasteiger partial charge on any atom is -0.477 e. The van der Waals surface area contributed by atoms with Crippen molar-refractivity contribution in [2.45, 2.75) is 33.2 Å². The highest BCUT2D eigenvalue weighted by atomic mass is 16.5. The molecule has 0 aromatic heterocycles. The number of allylic oxidation sites excluding steroid dienone is 3. The Hall–Kier alpha value is -0.920. The maximum Gasteiger partial charge on any atom is 0.189 e. The summed E-state index contributed by atoms with van der Waals surface area (Å²) in [4.78, 5) is 2.17. The Kier molecular flexibility index (Phi) is 2.69. The summed E-state index contributed by atoms with van der Waals surface area (Å²) >= 11 is 0. The highest BCUT2D eigenvalue weighted by molar-refractivity contribution is 5.14. The lowest BCUT2D eigenvalue weighted by atomic mass is 10.1. The molecule has 0 aromatic carbocycles. The zero-order chi connectivity index (χ0) is 10.1. The molecule has 0 radical (unpaired) electrons. The molecule has 1 aliphatic heterocycles. The molecule has 0 atom stereocenters. The van der Waals surface area contributed by atoms with Crippen LogP contribution >= 0.6 is 0 Å². The lowest BCUT2D eigenvalue weighted by Crippen LogP contribution is -2.36. The van der Waals surface area contributed by atoms with Crippen LogP contribution in [0.25, 0.3) is 0 Å². The summed E-state index contributed by atoms with van der Waals surface area (Å²) in [7, 11) is 2.07. The minimum atomic E-state index is 0.126. The van der Waals surface area contributed by atoms with Crippen LogP contribution in [0.3, 0.4) is 0 Å². The molecule has 1 fully saturated rings. The van der Waals surface area contributed by atoms with Crippen LogP contribution in [0.4, 0.5) is 0 Å². The molecule has 74 valence electrons. The fourth-order valence-electron chi connectivity index (χ4n) is 1.14. The van der Waals surface area contributed by atoms with Gasteiger partial charge in [0, 0.05) is 7.05 Å². The average Bonchev–Trinajstić information content (AvgIpc) is 2.25. The third kappa shape index (κ3) is 2.27. The number of hydrogen-bond donors (Lipinski definition) is 0. The fraction of sp³-hybridized carbons (Fsp3) is 0.636. The van der Waals surface area contributed by atoms with Crippen molar-refractivity contribution in [2.75, 3.05) is 13.7 Å². The van der Waals surface area contributed by atoms with Crippen molar-refractivity contribution in [3.05, 3.63) is 23.6 Å². The first-order chi connectivity index (χ1) is 5.93. The molecule has 0 amide bonds. The molecule has 1 rings (SSSR count). The molecule has 0 bridgehead atoms. The van der Waals surface area contributed by atoms with Crippen molar-refractivity contribution >= 4 is 0 Å². The van der Waals surface area contributed by atoms with Crippen molar-refractivity contribution < 1.29 is 4.74 Å². The Bertz CT molecular complexity index is 247. The van der Waals surface area contributed by atoms with E-state index in [1.807, 2.05) is 6.08 Å². The lowest BCUT2D eigenvalue weighted by Gasteiger charge is -2.25. The van der Waals surface area contributed by atoms with Crippen LogP contribution in [-0.4, -0.2) is 24.1 Å². The number of ether oxygens (including phenoxy) is 1. The molecule has 1 heterocycles. The normalized spacial score (nSPS) is 23.2. The summed E-state index contributed by atoms with van der Waals surface area (Å²) in [6.45, 7) is 9.28. The van der Waals surface area contributed by atoms with Gasteiger partial charge in [-0.25, -0.2) is 0 Å². The monoisotopic (exact) mass is 181 g/mol. The molecule has 1 aliphatic rings. The molecular formula is C11H19NO. The first-order valence-corrected chi connectivity index (χ1v) is 4.65. The molecule has 2 nitrogen and oxygen atoms in total. The summed E-state index contributed by atoms with van der Waals surface area (Å²) < 4.78 is 5.57. The van der Waals surface area contributed by atoms with Crippen molar-refractivity contribution in [1.82, 2.24) is 4.90 Å². The van der Waals surface area contributed by atoms with Gasteiger partial charge in [0.2, 0.25) is 0 Å². The van der Waals surface area contributed by atoms with E-state index in [0.29, 0.717) is 0 Å². The van der Waals surface area contributed by atoms with Crippen LogP contribution in [-0.2, 0) is 4.74 Å². The summed E-state index contributed by atoms with van der Waals surface area (Å²) in [5.74, 6) is 0.964. The second kappa shape index (κ2) is 3.44. The Morgan fingerprint density at radius 2 is 2.08 bits per heavy atom. The molecule has 0 N–H and O–H groups in total. The average molecular weight is 181 g/mol. The van der Waals surface area contributed by atoms with E-state index in [2.05, 4.69) is 45.7 Å². The number of hydrogen-bond acceptors (Lipinski definition) is 2. The highest BCUT2D eigenvalue weighted by Gasteiger charge is 2.33. The number of nitrogens with zero attached hydrogens (tertiary/aromatic N) is 1. The van der Waals surface area contributed by atoms with Crippen molar-refractivity contribution in [3.63, 3.8) is 0 Å². The Labute approximate surface area is 80.9 Å². The fourth-order valence-corrected chi connectivity index (χ4v) is 1.14. The zero-order valence-electron chi connectivity index (χ0n) is 9.22. The lowest BCUT2D eigenvalue weighted by molar-refractivity contribution is 0.236. The van der Waals surface area contributed by atoms with Crippen LogP contribution in [0, 0.1) is 0 Å². The third-order valence-corrected chi connectivity index (χ3v) is 2.37. The van der Waals surface area contributed by atoms with Gasteiger partial charge in [0.15, 0.2) is 5.88 Å². The maximum absolute atomic E-state index is 5.57. The van der Waals surface area contributed by atoms with Crippen LogP contribution < -0.4 is 0 Å². The van der Waals surface area contributed by atoms with E-state index in [1.165, 1.54) is 5.57 Å². The number of rotatable bonds is 1. The molecule has 0 spiro atoms. The molecule has 0 saturated carbocycles. The second-order valence-corrected chi connectivity index (χ2v) is 4.41. The largest absolute Gasteiger partial charge is 0.477 e. The van der Waals surface area contributed by atoms with Gasteiger partial charge in [-0.1, -0.05) is 11.6 Å². The van der Waals surface area contributed by atoms with E-state index in [9.17, 15) is 0 Å². The highest BCUT2D eigenvalue weighted by Crippen LogP contribution is 2.27. The first kappa shape index (κ1) is 10.2. The Morgan fingerprint density at radius 1 is 1.46 bits per heavy atom. The zero-order valence-corrected chi connectivity index (χ0v) is 9.22. The SMILES string of the molecule is CC(C)=C/C=C1/OCC(C)(C)N1C. The van der Waals surface area contributed by atoms with E-state index in [4.69, 9.17) is 4.74 Å². The van der Waals surface area contributed by atoms with E-state index in [-0.39, 0.29) is 5.54 Å². The predicted octanol–water partition coefficient (Wildman–Crippen LogP) is 2.53. The predicted molar refractivity (Wildman–Crippen MR) is 55.3 cm³/mol. The van der Waals surface area contributed by atoms with Gasteiger partial charge in [0.25, 0.3) is 0 Å². The van der Waals surface area contributed by atoms with Gasteiger partial charge < -0.3 is 9.64 Å². The topological polar surface area (TPSA) is 12.5 Å². The van der Waals surface area contributed by atoms with Gasteiger partial charge in [0.1, 0.15) is 6.61 Å². The summed E-state index contributed by atoms with van der Waals surface area (Å²) in [5.41, 5.74) is 1.41. The first-order valence-electron chi connectivity index (χ1n) is 4.65. The van der Waals surface area contributed by atoms with Gasteiger partial charge in [0.05, 0.1) is 5.54 Å². The van der Waals surface area contributed by atoms with E-state index < -0.39 is 0 Å². The van der Waals surface area contributed by atoms with E-state index in [1.54, 1.807) is 0 Å². The summed E-state index contributed by atoms with van der Waals surface area (Å²) in [6.07, 6.45) is 4.11. The molecule has 1 saturated heterocycles. The van der Waals surface area contributed by atoms with Gasteiger partial charge in [-0.3, -0.25) is 0 Å². The number of likely N-dealkylation sites (N-methyl/N-ethyl adjacent to an activating group) is 1. The van der Waals surface area contributed by atoms with Crippen LogP contribution in [0.2, 0.25) is 0 Å². The summed E-state index contributed by atoms with van der Waals surface area (Å²) in [5, 5.41) is 0. The standard InChI is InChI=1S/C11H19NO/c1-9(2)6-7-10-12(5)11(3,4)8-13-10/h6-7H,8H2,1-5H3/b10-7+. The molecule has 0 aromatic rings. The van der Waals surface area contributed by atoms with Gasteiger partial charge >= 0.3 is 0 Å². The van der Waals surface area contributed by atoms with Gasteiger partial charge in [-0.2, -0.15) is 0 Å². The maximum atomic E-state index is 5.57. The molecule has 2 heteroatoms. The van der Waals surface area contributed by atoms with Crippen molar-refractivity contribution in [1.29, 1.82) is 0 Å². The molecule has 0 aliphatic carbocycles. The molecule has 0 unspecified atom stereocenters. The smallest absolute Gasteiger partial charge is 0.189 e. The minimum absolute atomic E-state index is 0.126. The quantitative estimate of drug-likeness (QED) is 0.616. The molecular weight excluding hydrogens is 162 g/mol. The second-order valence-electron chi connectivity index (χ2n) is 4.41. The van der Waals surface area contributed by atoms with Crippen molar-refractivity contribution in [2.24, 2.45) is 0 Å². The molecule has 13 heavy (non-hydrogen) atoms. The van der Waals surface area contributed by atoms with Crippen LogP contribution in [0.15, 0.2) is 23.6 Å². The Morgan fingerprint density at radius 3 is 2.46 bits per heavy atom. The Balaban J connectivity index is 2.76. The summed E-state index contributed by atoms with van der Waals surface area (Å²) in [6, 6.07) is 0. The van der Waals surface area contributed by atoms with Crippen molar-refractivity contribution in [3.8, 4) is 0 Å². The van der Waals surface area contributed by atoms with Crippen LogP contribution in [0.1, 0.15) is 27.7 Å². The van der Waals surface area contributed by atoms with Gasteiger partial charge in [-0.05, 0) is 33.8 Å². The third-order valence-electron chi connectivity index (χ3n) is 2.37. The van der Waals surface area contributed by atoms with Gasteiger partial charge in [-0.15, -0.1) is 0 Å². The van der Waals surface area contributed by atoms with E-state index >= 15 is 0 Å². The van der Waals surface area contributed by atoms with Crippen LogP contribution in [0.5, 0.6) is 0 Å².